The second kappa shape index (κ2) is 7.37. The number of carboxylic acids is 1. The molecule has 0 aromatic carbocycles. The Hall–Kier alpha value is -2.24. The first-order valence-electron chi connectivity index (χ1n) is 5.54. The van der Waals surface area contributed by atoms with Crippen molar-refractivity contribution in [2.75, 3.05) is 13.2 Å². The topological polar surface area (TPSA) is 184 Å². The molecule has 1 aromatic rings. The van der Waals surface area contributed by atoms with E-state index >= 15 is 0 Å². The van der Waals surface area contributed by atoms with Crippen LogP contribution in [-0.2, 0) is 11.3 Å². The summed E-state index contributed by atoms with van der Waals surface area (Å²) in [5, 5.41) is 37.5. The molecule has 2 atom stereocenters. The molecule has 0 saturated carbocycles. The molecule has 112 valence electrons. The molecule has 0 radical (unpaired) electrons. The molecule has 7 N–H and O–H groups in total. The van der Waals surface area contributed by atoms with Crippen molar-refractivity contribution in [1.29, 1.82) is 0 Å². The van der Waals surface area contributed by atoms with Crippen molar-refractivity contribution in [3.05, 3.63) is 11.8 Å². The average molecular weight is 289 g/mol. The second-order valence-corrected chi connectivity index (χ2v) is 3.72. The summed E-state index contributed by atoms with van der Waals surface area (Å²) in [4.78, 5) is 21.9. The Kier molecular flexibility index (Phi) is 5.83. The van der Waals surface area contributed by atoms with E-state index in [9.17, 15) is 9.59 Å². The zero-order valence-electron chi connectivity index (χ0n) is 10.3. The zero-order chi connectivity index (χ0) is 15.1. The highest BCUT2D eigenvalue weighted by molar-refractivity contribution is 5.82. The Balaban J connectivity index is 2.45. The monoisotopic (exact) mass is 289 g/mol. The standard InChI is InChI=1S/C9H15N5O6/c10-4(2-15)7-14-13-6(20-7)1-11-9(19)12-5(3-16)8(17)18/h4-5,15-16H,1-3,10H2,(H,17,18)(H2,11,12,19)/t4-,5-/m0/s1. The van der Waals surface area contributed by atoms with Gasteiger partial charge in [-0.3, -0.25) is 0 Å². The van der Waals surface area contributed by atoms with Gasteiger partial charge in [0.25, 0.3) is 0 Å². The van der Waals surface area contributed by atoms with Crippen LogP contribution < -0.4 is 16.4 Å². The van der Waals surface area contributed by atoms with Crippen LogP contribution in [0.2, 0.25) is 0 Å². The predicted molar refractivity (Wildman–Crippen MR) is 62.2 cm³/mol. The normalized spacial score (nSPS) is 13.6. The van der Waals surface area contributed by atoms with Gasteiger partial charge in [-0.2, -0.15) is 0 Å². The van der Waals surface area contributed by atoms with Crippen LogP contribution in [0.25, 0.3) is 0 Å². The van der Waals surface area contributed by atoms with Crippen molar-refractivity contribution >= 4 is 12.0 Å². The van der Waals surface area contributed by atoms with Gasteiger partial charge in [0.1, 0.15) is 6.04 Å². The summed E-state index contributed by atoms with van der Waals surface area (Å²) in [6, 6.07) is -3.04. The molecular formula is C9H15N5O6. The summed E-state index contributed by atoms with van der Waals surface area (Å²) in [7, 11) is 0. The SMILES string of the molecule is N[C@@H](CO)c1nnc(CNC(=O)N[C@@H](CO)C(=O)O)o1. The third-order valence-electron chi connectivity index (χ3n) is 2.18. The van der Waals surface area contributed by atoms with Crippen LogP contribution in [0, 0.1) is 0 Å². The number of nitrogens with one attached hydrogen (secondary N) is 2. The lowest BCUT2D eigenvalue weighted by atomic mass is 10.3. The molecule has 20 heavy (non-hydrogen) atoms. The molecule has 0 saturated heterocycles. The van der Waals surface area contributed by atoms with Gasteiger partial charge < -0.3 is 36.1 Å². The number of carbonyl (C=O) groups is 2. The molecule has 0 aliphatic heterocycles. The number of nitrogens with zero attached hydrogens (tertiary/aromatic N) is 2. The van der Waals surface area contributed by atoms with Gasteiger partial charge in [-0.1, -0.05) is 0 Å². The minimum Gasteiger partial charge on any atom is -0.480 e. The van der Waals surface area contributed by atoms with E-state index in [1.807, 2.05) is 5.32 Å². The summed E-state index contributed by atoms with van der Waals surface area (Å²) in [5.41, 5.74) is 5.44. The van der Waals surface area contributed by atoms with E-state index < -0.39 is 30.7 Å². The highest BCUT2D eigenvalue weighted by Gasteiger charge is 2.19. The second-order valence-electron chi connectivity index (χ2n) is 3.72. The lowest BCUT2D eigenvalue weighted by Gasteiger charge is -2.11. The molecule has 0 fully saturated rings. The number of rotatable bonds is 7. The number of nitrogens with two attached hydrogens (primary N) is 1. The molecule has 11 heteroatoms. The first-order chi connectivity index (χ1) is 9.47. The van der Waals surface area contributed by atoms with Crippen LogP contribution in [0.4, 0.5) is 4.79 Å². The molecule has 0 aliphatic rings. The fourth-order valence-electron chi connectivity index (χ4n) is 1.12. The van der Waals surface area contributed by atoms with Crippen molar-refractivity contribution in [2.24, 2.45) is 5.73 Å². The summed E-state index contributed by atoms with van der Waals surface area (Å²) in [6.07, 6.45) is 0. The zero-order valence-corrected chi connectivity index (χ0v) is 10.3. The van der Waals surface area contributed by atoms with Crippen molar-refractivity contribution in [3.63, 3.8) is 0 Å². The maximum absolute atomic E-state index is 11.3. The number of urea groups is 1. The first-order valence-corrected chi connectivity index (χ1v) is 5.54. The number of aliphatic carboxylic acids is 1. The maximum Gasteiger partial charge on any atom is 0.328 e. The Bertz CT molecular complexity index is 463. The van der Waals surface area contributed by atoms with Gasteiger partial charge in [-0.15, -0.1) is 10.2 Å². The Labute approximate surface area is 112 Å². The molecule has 1 rings (SSSR count). The number of carbonyl (C=O) groups excluding carboxylic acids is 1. The molecule has 0 spiro atoms. The number of aliphatic hydroxyl groups is 2. The number of amides is 2. The number of carboxylic acid groups (broad SMARTS) is 1. The summed E-state index contributed by atoms with van der Waals surface area (Å²) in [6.45, 7) is -1.26. The highest BCUT2D eigenvalue weighted by Crippen LogP contribution is 2.07. The molecule has 0 bridgehead atoms. The minimum absolute atomic E-state index is 0.0171. The van der Waals surface area contributed by atoms with Gasteiger partial charge in [-0.25, -0.2) is 9.59 Å². The van der Waals surface area contributed by atoms with Gasteiger partial charge in [-0.05, 0) is 0 Å². The van der Waals surface area contributed by atoms with Crippen molar-refractivity contribution in [2.45, 2.75) is 18.6 Å². The van der Waals surface area contributed by atoms with Crippen LogP contribution in [0.5, 0.6) is 0 Å². The van der Waals surface area contributed by atoms with E-state index in [1.54, 1.807) is 0 Å². The molecule has 1 aromatic heterocycles. The molecular weight excluding hydrogens is 274 g/mol. The smallest absolute Gasteiger partial charge is 0.328 e. The van der Waals surface area contributed by atoms with Crippen LogP contribution in [0.3, 0.4) is 0 Å². The third-order valence-corrected chi connectivity index (χ3v) is 2.18. The number of hydrogen-bond acceptors (Lipinski definition) is 8. The molecule has 1 heterocycles. The van der Waals surface area contributed by atoms with Gasteiger partial charge >= 0.3 is 12.0 Å². The lowest BCUT2D eigenvalue weighted by molar-refractivity contribution is -0.140. The van der Waals surface area contributed by atoms with Crippen LogP contribution in [0.15, 0.2) is 4.42 Å². The predicted octanol–water partition coefficient (Wildman–Crippen LogP) is -2.69. The Morgan fingerprint density at radius 1 is 1.30 bits per heavy atom. The van der Waals surface area contributed by atoms with E-state index in [4.69, 9.17) is 25.5 Å². The van der Waals surface area contributed by atoms with Crippen molar-refractivity contribution in [1.82, 2.24) is 20.8 Å². The lowest BCUT2D eigenvalue weighted by Crippen LogP contribution is -2.47. The van der Waals surface area contributed by atoms with Crippen LogP contribution in [0.1, 0.15) is 17.8 Å². The molecule has 11 nitrogen and oxygen atoms in total. The van der Waals surface area contributed by atoms with E-state index in [-0.39, 0.29) is 24.9 Å². The molecule has 0 unspecified atom stereocenters. The quantitative estimate of drug-likeness (QED) is 0.311. The van der Waals surface area contributed by atoms with Crippen LogP contribution >= 0.6 is 0 Å². The van der Waals surface area contributed by atoms with Gasteiger partial charge in [0.05, 0.1) is 19.8 Å². The highest BCUT2D eigenvalue weighted by atomic mass is 16.4. The Morgan fingerprint density at radius 2 is 2.00 bits per heavy atom. The molecule has 0 aliphatic carbocycles. The molecule has 2 amide bonds. The number of hydrogen-bond donors (Lipinski definition) is 6. The van der Waals surface area contributed by atoms with Crippen molar-refractivity contribution in [3.8, 4) is 0 Å². The average Bonchev–Trinajstić information content (AvgIpc) is 2.90. The van der Waals surface area contributed by atoms with Gasteiger partial charge in [0.15, 0.2) is 6.04 Å². The van der Waals surface area contributed by atoms with E-state index in [1.165, 1.54) is 0 Å². The first kappa shape index (κ1) is 15.8. The fourth-order valence-corrected chi connectivity index (χ4v) is 1.12. The van der Waals surface area contributed by atoms with Gasteiger partial charge in [0, 0.05) is 0 Å². The van der Waals surface area contributed by atoms with Gasteiger partial charge in [0.2, 0.25) is 11.8 Å². The Morgan fingerprint density at radius 3 is 2.55 bits per heavy atom. The summed E-state index contributed by atoms with van der Waals surface area (Å²) in [5.74, 6) is -1.31. The number of aromatic nitrogens is 2. The van der Waals surface area contributed by atoms with E-state index in [2.05, 4.69) is 15.5 Å². The summed E-state index contributed by atoms with van der Waals surface area (Å²) >= 11 is 0. The van der Waals surface area contributed by atoms with E-state index in [0.29, 0.717) is 0 Å². The van der Waals surface area contributed by atoms with E-state index in [0.717, 1.165) is 0 Å². The minimum atomic E-state index is -1.41. The number of aliphatic hydroxyl groups excluding tert-OH is 2. The fraction of sp³-hybridized carbons (Fsp3) is 0.556. The maximum atomic E-state index is 11.3. The van der Waals surface area contributed by atoms with Crippen molar-refractivity contribution < 1.29 is 29.3 Å². The largest absolute Gasteiger partial charge is 0.480 e. The van der Waals surface area contributed by atoms with Crippen LogP contribution in [-0.4, -0.2) is 56.8 Å². The summed E-state index contributed by atoms with van der Waals surface area (Å²) < 4.78 is 5.05. The third kappa shape index (κ3) is 4.46.